The van der Waals surface area contributed by atoms with Crippen LogP contribution in [0.1, 0.15) is 27.2 Å². The van der Waals surface area contributed by atoms with Crippen molar-refractivity contribution in [3.63, 3.8) is 0 Å². The normalized spacial score (nSPS) is 14.4. The van der Waals surface area contributed by atoms with Crippen LogP contribution in [-0.4, -0.2) is 33.4 Å². The van der Waals surface area contributed by atoms with E-state index in [-0.39, 0.29) is 18.4 Å². The van der Waals surface area contributed by atoms with Gasteiger partial charge in [-0.3, -0.25) is 0 Å². The summed E-state index contributed by atoms with van der Waals surface area (Å²) < 4.78 is 30.1. The summed E-state index contributed by atoms with van der Waals surface area (Å²) in [5.74, 6) is 0.0468. The second kappa shape index (κ2) is 6.34. The summed E-state index contributed by atoms with van der Waals surface area (Å²) >= 11 is 0. The predicted octanol–water partition coefficient (Wildman–Crippen LogP) is 0.741. The highest BCUT2D eigenvalue weighted by Gasteiger charge is 2.12. The largest absolute Gasteiger partial charge is 0.381 e. The Morgan fingerprint density at radius 1 is 1.38 bits per heavy atom. The van der Waals surface area contributed by atoms with Gasteiger partial charge in [-0.15, -0.1) is 0 Å². The minimum atomic E-state index is -3.14. The lowest BCUT2D eigenvalue weighted by atomic mass is 10.3. The van der Waals surface area contributed by atoms with Gasteiger partial charge >= 0.3 is 0 Å². The minimum Gasteiger partial charge on any atom is -0.381 e. The van der Waals surface area contributed by atoms with Crippen molar-refractivity contribution in [2.45, 2.75) is 33.2 Å². The van der Waals surface area contributed by atoms with Crippen molar-refractivity contribution in [3.05, 3.63) is 0 Å². The molecule has 1 unspecified atom stereocenters. The molecule has 80 valence electrons. The molecule has 0 aromatic heterocycles. The smallest absolute Gasteiger partial charge is 0.214 e. The minimum absolute atomic E-state index is 0.00614. The monoisotopic (exact) mass is 209 g/mol. The highest BCUT2D eigenvalue weighted by Crippen LogP contribution is 1.93. The van der Waals surface area contributed by atoms with Gasteiger partial charge in [-0.2, -0.15) is 0 Å². The topological polar surface area (TPSA) is 55.4 Å². The van der Waals surface area contributed by atoms with Gasteiger partial charge in [0.25, 0.3) is 0 Å². The lowest BCUT2D eigenvalue weighted by Gasteiger charge is -2.11. The van der Waals surface area contributed by atoms with Gasteiger partial charge in [0.2, 0.25) is 10.0 Å². The van der Waals surface area contributed by atoms with Crippen molar-refractivity contribution < 1.29 is 13.2 Å². The number of nitrogens with one attached hydrogen (secondary N) is 1. The van der Waals surface area contributed by atoms with Gasteiger partial charge in [0.05, 0.1) is 12.4 Å². The van der Waals surface area contributed by atoms with Crippen LogP contribution in [0.5, 0.6) is 0 Å². The van der Waals surface area contributed by atoms with Gasteiger partial charge < -0.3 is 4.74 Å². The van der Waals surface area contributed by atoms with E-state index < -0.39 is 10.0 Å². The molecule has 0 amide bonds. The summed E-state index contributed by atoms with van der Waals surface area (Å²) in [7, 11) is -3.14. The van der Waals surface area contributed by atoms with Crippen LogP contribution in [0.2, 0.25) is 0 Å². The Labute approximate surface area is 80.7 Å². The Kier molecular flexibility index (Phi) is 6.28. The van der Waals surface area contributed by atoms with Gasteiger partial charge in [0.15, 0.2) is 0 Å². The van der Waals surface area contributed by atoms with Gasteiger partial charge in [-0.1, -0.05) is 6.92 Å². The molecule has 4 nitrogen and oxygen atoms in total. The summed E-state index contributed by atoms with van der Waals surface area (Å²) in [4.78, 5) is 0. The molecular formula is C8H19NO3S. The molecular weight excluding hydrogens is 190 g/mol. The summed E-state index contributed by atoms with van der Waals surface area (Å²) in [6, 6.07) is 0.00614. The highest BCUT2D eigenvalue weighted by molar-refractivity contribution is 7.89. The Morgan fingerprint density at radius 3 is 2.46 bits per heavy atom. The average Bonchev–Trinajstić information content (AvgIpc) is 2.03. The second-order valence-electron chi connectivity index (χ2n) is 2.94. The second-order valence-corrected chi connectivity index (χ2v) is 4.82. The standard InChI is InChI=1S/C8H19NO3S/c1-4-8(3)9-13(10,11)7-6-12-5-2/h8-9H,4-7H2,1-3H3. The quantitative estimate of drug-likeness (QED) is 0.629. The molecule has 0 aromatic carbocycles. The van der Waals surface area contributed by atoms with Crippen molar-refractivity contribution in [2.75, 3.05) is 19.0 Å². The van der Waals surface area contributed by atoms with Gasteiger partial charge in [0, 0.05) is 12.6 Å². The van der Waals surface area contributed by atoms with Gasteiger partial charge in [-0.25, -0.2) is 13.1 Å². The maximum atomic E-state index is 11.3. The van der Waals surface area contributed by atoms with Crippen molar-refractivity contribution >= 4 is 10.0 Å². The number of rotatable bonds is 7. The van der Waals surface area contributed by atoms with Crippen LogP contribution in [-0.2, 0) is 14.8 Å². The number of ether oxygens (including phenoxy) is 1. The molecule has 0 saturated carbocycles. The first kappa shape index (κ1) is 12.9. The zero-order valence-corrected chi connectivity index (χ0v) is 9.36. The first-order valence-electron chi connectivity index (χ1n) is 4.59. The summed E-state index contributed by atoms with van der Waals surface area (Å²) in [6.07, 6.45) is 0.799. The highest BCUT2D eigenvalue weighted by atomic mass is 32.2. The lowest BCUT2D eigenvalue weighted by Crippen LogP contribution is -2.35. The molecule has 0 spiro atoms. The molecule has 0 bridgehead atoms. The van der Waals surface area contributed by atoms with E-state index in [1.165, 1.54) is 0 Å². The summed E-state index contributed by atoms with van der Waals surface area (Å²) in [5.41, 5.74) is 0. The predicted molar refractivity (Wildman–Crippen MR) is 53.2 cm³/mol. The summed E-state index contributed by atoms with van der Waals surface area (Å²) in [6.45, 7) is 6.45. The van der Waals surface area contributed by atoms with Crippen LogP contribution in [0.4, 0.5) is 0 Å². The van der Waals surface area contributed by atoms with Crippen LogP contribution in [0.3, 0.4) is 0 Å². The molecule has 0 saturated heterocycles. The van der Waals surface area contributed by atoms with Gasteiger partial charge in [0.1, 0.15) is 0 Å². The van der Waals surface area contributed by atoms with Gasteiger partial charge in [-0.05, 0) is 20.3 Å². The van der Waals surface area contributed by atoms with Crippen LogP contribution in [0.15, 0.2) is 0 Å². The third kappa shape index (κ3) is 6.98. The summed E-state index contributed by atoms with van der Waals surface area (Å²) in [5, 5.41) is 0. The van der Waals surface area contributed by atoms with E-state index in [1.54, 1.807) is 0 Å². The van der Waals surface area contributed by atoms with E-state index in [2.05, 4.69) is 4.72 Å². The Bertz CT molecular complexity index is 213. The molecule has 0 aliphatic carbocycles. The zero-order chi connectivity index (χ0) is 10.3. The molecule has 5 heteroatoms. The Morgan fingerprint density at radius 2 is 2.00 bits per heavy atom. The lowest BCUT2D eigenvalue weighted by molar-refractivity contribution is 0.163. The van der Waals surface area contributed by atoms with Crippen molar-refractivity contribution in [1.29, 1.82) is 0 Å². The van der Waals surface area contributed by atoms with E-state index in [1.807, 2.05) is 20.8 Å². The Balaban J connectivity index is 3.81. The maximum Gasteiger partial charge on any atom is 0.214 e. The SMILES string of the molecule is CCOCCS(=O)(=O)NC(C)CC. The van der Waals surface area contributed by atoms with E-state index in [9.17, 15) is 8.42 Å². The molecule has 1 atom stereocenters. The number of hydrogen-bond donors (Lipinski definition) is 1. The van der Waals surface area contributed by atoms with Crippen molar-refractivity contribution in [1.82, 2.24) is 4.72 Å². The average molecular weight is 209 g/mol. The molecule has 0 aliphatic rings. The van der Waals surface area contributed by atoms with E-state index in [0.717, 1.165) is 6.42 Å². The van der Waals surface area contributed by atoms with E-state index >= 15 is 0 Å². The van der Waals surface area contributed by atoms with Crippen molar-refractivity contribution in [3.8, 4) is 0 Å². The molecule has 0 aliphatic heterocycles. The molecule has 13 heavy (non-hydrogen) atoms. The third-order valence-electron chi connectivity index (χ3n) is 1.69. The zero-order valence-electron chi connectivity index (χ0n) is 8.54. The molecule has 1 N–H and O–H groups in total. The van der Waals surface area contributed by atoms with Crippen LogP contribution in [0, 0.1) is 0 Å². The fourth-order valence-electron chi connectivity index (χ4n) is 0.762. The van der Waals surface area contributed by atoms with Crippen LogP contribution < -0.4 is 4.72 Å². The first-order chi connectivity index (χ1) is 6.02. The van der Waals surface area contributed by atoms with E-state index in [4.69, 9.17) is 4.74 Å². The number of hydrogen-bond acceptors (Lipinski definition) is 3. The van der Waals surface area contributed by atoms with Crippen LogP contribution in [0.25, 0.3) is 0 Å². The van der Waals surface area contributed by atoms with Crippen LogP contribution >= 0.6 is 0 Å². The van der Waals surface area contributed by atoms with Crippen molar-refractivity contribution in [2.24, 2.45) is 0 Å². The molecule has 0 rings (SSSR count). The molecule has 0 aromatic rings. The third-order valence-corrected chi connectivity index (χ3v) is 3.16. The molecule has 0 fully saturated rings. The Hall–Kier alpha value is -0.130. The molecule has 0 radical (unpaired) electrons. The van der Waals surface area contributed by atoms with E-state index in [0.29, 0.717) is 6.61 Å². The number of sulfonamides is 1. The first-order valence-corrected chi connectivity index (χ1v) is 6.24. The fraction of sp³-hybridized carbons (Fsp3) is 1.00. The fourth-order valence-corrected chi connectivity index (χ4v) is 2.00. The molecule has 0 heterocycles. The maximum absolute atomic E-state index is 11.3.